The van der Waals surface area contributed by atoms with Gasteiger partial charge in [0.05, 0.1) is 18.9 Å². The van der Waals surface area contributed by atoms with Gasteiger partial charge in [-0.1, -0.05) is 6.42 Å². The molecule has 1 saturated heterocycles. The average Bonchev–Trinajstić information content (AvgIpc) is 2.70. The van der Waals surface area contributed by atoms with Crippen molar-refractivity contribution in [3.8, 4) is 5.75 Å². The molecule has 0 saturated carbocycles. The van der Waals surface area contributed by atoms with E-state index in [1.807, 2.05) is 0 Å². The molecule has 1 amide bonds. The smallest absolute Gasteiger partial charge is 0.416 e. The molecule has 1 N–H and O–H groups in total. The molecule has 1 aromatic carbocycles. The Kier molecular flexibility index (Phi) is 6.81. The molecule has 0 atom stereocenters. The second kappa shape index (κ2) is 9.34. The lowest BCUT2D eigenvalue weighted by Gasteiger charge is -2.27. The van der Waals surface area contributed by atoms with Gasteiger partial charge >= 0.3 is 6.18 Å². The maximum atomic E-state index is 12.7. The van der Waals surface area contributed by atoms with E-state index in [9.17, 15) is 22.8 Å². The number of anilines is 1. The lowest BCUT2D eigenvalue weighted by Crippen LogP contribution is -2.32. The highest BCUT2D eigenvalue weighted by Crippen LogP contribution is 2.29. The number of nitrogens with zero attached hydrogens (tertiary/aromatic N) is 2. The second-order valence-electron chi connectivity index (χ2n) is 7.29. The zero-order chi connectivity index (χ0) is 21.7. The number of nitrogens with one attached hydrogen (secondary N) is 1. The van der Waals surface area contributed by atoms with Crippen molar-refractivity contribution in [3.05, 3.63) is 58.0 Å². The van der Waals surface area contributed by atoms with Gasteiger partial charge in [-0.05, 0) is 50.2 Å². The fraction of sp³-hybridized carbons (Fsp3) is 0.429. The predicted octanol–water partition coefficient (Wildman–Crippen LogP) is 3.50. The molecule has 1 aliphatic rings. The van der Waals surface area contributed by atoms with Gasteiger partial charge in [-0.25, -0.2) is 0 Å². The van der Waals surface area contributed by atoms with Crippen LogP contribution in [0.4, 0.5) is 18.9 Å². The Morgan fingerprint density at radius 2 is 1.80 bits per heavy atom. The number of carbonyl (C=O) groups is 1. The van der Waals surface area contributed by atoms with Gasteiger partial charge in [-0.3, -0.25) is 14.5 Å². The number of benzene rings is 1. The minimum absolute atomic E-state index is 0.0964. The zero-order valence-electron chi connectivity index (χ0n) is 16.7. The molecular weight excluding hydrogens is 399 g/mol. The lowest BCUT2D eigenvalue weighted by molar-refractivity contribution is -0.137. The molecule has 30 heavy (non-hydrogen) atoms. The van der Waals surface area contributed by atoms with Gasteiger partial charge in [0.1, 0.15) is 6.54 Å². The first-order valence-electron chi connectivity index (χ1n) is 9.73. The molecule has 1 aromatic heterocycles. The largest absolute Gasteiger partial charge is 0.491 e. The van der Waals surface area contributed by atoms with E-state index in [0.717, 1.165) is 38.1 Å². The number of halogens is 3. The molecule has 0 bridgehead atoms. The molecule has 1 aliphatic heterocycles. The molecule has 3 rings (SSSR count). The van der Waals surface area contributed by atoms with Crippen molar-refractivity contribution in [1.82, 2.24) is 9.47 Å². The van der Waals surface area contributed by atoms with Crippen LogP contribution in [0.3, 0.4) is 0 Å². The molecule has 2 aromatic rings. The topological polar surface area (TPSA) is 63.6 Å². The fourth-order valence-electron chi connectivity index (χ4n) is 3.47. The number of alkyl halides is 3. The Hall–Kier alpha value is -2.81. The van der Waals surface area contributed by atoms with Crippen LogP contribution in [0.5, 0.6) is 5.75 Å². The summed E-state index contributed by atoms with van der Waals surface area (Å²) in [5.41, 5.74) is -0.0952. The number of hydrogen-bond donors (Lipinski definition) is 1. The number of likely N-dealkylation sites (tertiary alicyclic amines) is 1. The van der Waals surface area contributed by atoms with Crippen LogP contribution < -0.4 is 15.5 Å². The number of rotatable bonds is 6. The van der Waals surface area contributed by atoms with Crippen molar-refractivity contribution in [2.45, 2.75) is 38.5 Å². The first-order valence-corrected chi connectivity index (χ1v) is 9.73. The van der Waals surface area contributed by atoms with Crippen LogP contribution in [0.15, 0.2) is 41.3 Å². The third-order valence-corrected chi connectivity index (χ3v) is 5.05. The minimum Gasteiger partial charge on any atom is -0.491 e. The van der Waals surface area contributed by atoms with Crippen molar-refractivity contribution in [3.63, 3.8) is 0 Å². The molecule has 9 heteroatoms. The Morgan fingerprint density at radius 3 is 2.40 bits per heavy atom. The zero-order valence-corrected chi connectivity index (χ0v) is 16.7. The van der Waals surface area contributed by atoms with Crippen LogP contribution in [-0.2, 0) is 24.1 Å². The number of aromatic nitrogens is 1. The Balaban J connectivity index is 1.75. The molecule has 0 spiro atoms. The fourth-order valence-corrected chi connectivity index (χ4v) is 3.47. The summed E-state index contributed by atoms with van der Waals surface area (Å²) in [4.78, 5) is 26.9. The first-order chi connectivity index (χ1) is 14.3. The van der Waals surface area contributed by atoms with E-state index < -0.39 is 17.6 Å². The first kappa shape index (κ1) is 21.9. The molecule has 0 unspecified atom stereocenters. The highest BCUT2D eigenvalue weighted by molar-refractivity contribution is 5.90. The van der Waals surface area contributed by atoms with Gasteiger partial charge in [0.15, 0.2) is 5.75 Å². The highest BCUT2D eigenvalue weighted by atomic mass is 19.4. The molecule has 1 fully saturated rings. The maximum Gasteiger partial charge on any atom is 0.416 e. The monoisotopic (exact) mass is 423 g/mol. The van der Waals surface area contributed by atoms with Crippen molar-refractivity contribution in [1.29, 1.82) is 0 Å². The summed E-state index contributed by atoms with van der Waals surface area (Å²) in [6.45, 7) is 2.30. The van der Waals surface area contributed by atoms with Gasteiger partial charge in [0.25, 0.3) is 0 Å². The van der Waals surface area contributed by atoms with Crippen molar-refractivity contribution in [2.24, 2.45) is 0 Å². The number of piperidine rings is 1. The molecular formula is C21H24F3N3O3. The summed E-state index contributed by atoms with van der Waals surface area (Å²) >= 11 is 0. The highest BCUT2D eigenvalue weighted by Gasteiger charge is 2.30. The second-order valence-corrected chi connectivity index (χ2v) is 7.29. The maximum absolute atomic E-state index is 12.7. The molecule has 6 nitrogen and oxygen atoms in total. The minimum atomic E-state index is -4.43. The Bertz CT molecular complexity index is 933. The van der Waals surface area contributed by atoms with E-state index in [4.69, 9.17) is 4.74 Å². The van der Waals surface area contributed by atoms with Gasteiger partial charge in [0, 0.05) is 24.0 Å². The van der Waals surface area contributed by atoms with Crippen molar-refractivity contribution < 1.29 is 22.7 Å². The van der Waals surface area contributed by atoms with E-state index in [2.05, 4.69) is 10.2 Å². The van der Waals surface area contributed by atoms with Crippen LogP contribution in [0.1, 0.15) is 30.5 Å². The van der Waals surface area contributed by atoms with Crippen LogP contribution in [0, 0.1) is 0 Å². The molecule has 2 heterocycles. The van der Waals surface area contributed by atoms with Gasteiger partial charge in [-0.2, -0.15) is 13.2 Å². The lowest BCUT2D eigenvalue weighted by atomic mass is 10.1. The number of ether oxygens (including phenoxy) is 1. The normalized spacial score (nSPS) is 15.1. The van der Waals surface area contributed by atoms with Crippen LogP contribution in [-0.4, -0.2) is 35.6 Å². The number of amides is 1. The quantitative estimate of drug-likeness (QED) is 0.773. The van der Waals surface area contributed by atoms with Gasteiger partial charge < -0.3 is 14.6 Å². The predicted molar refractivity (Wildman–Crippen MR) is 106 cm³/mol. The summed E-state index contributed by atoms with van der Waals surface area (Å²) in [7, 11) is 1.38. The standard InChI is InChI=1S/C21H24F3N3O3/c1-30-19-13-27(17(11-18(19)28)12-26-9-3-2-4-10-26)14-20(29)25-16-7-5-15(6-8-16)21(22,23)24/h5-8,11,13H,2-4,9-10,12,14H2,1H3,(H,25,29). The number of hydrogen-bond acceptors (Lipinski definition) is 4. The average molecular weight is 423 g/mol. The van der Waals surface area contributed by atoms with Crippen LogP contribution in [0.2, 0.25) is 0 Å². The summed E-state index contributed by atoms with van der Waals surface area (Å²) in [5.74, 6) is -0.292. The van der Waals surface area contributed by atoms with Crippen LogP contribution in [0.25, 0.3) is 0 Å². The van der Waals surface area contributed by atoms with Gasteiger partial charge in [-0.15, -0.1) is 0 Å². The Labute approximate surface area is 172 Å². The van der Waals surface area contributed by atoms with Crippen LogP contribution >= 0.6 is 0 Å². The SMILES string of the molecule is COc1cn(CC(=O)Nc2ccc(C(F)(F)F)cc2)c(CN2CCCCC2)cc1=O. The number of pyridine rings is 1. The molecule has 0 aliphatic carbocycles. The molecule has 0 radical (unpaired) electrons. The molecule has 162 valence electrons. The van der Waals surface area contributed by atoms with E-state index in [-0.39, 0.29) is 23.4 Å². The van der Waals surface area contributed by atoms with Crippen molar-refractivity contribution in [2.75, 3.05) is 25.5 Å². The summed E-state index contributed by atoms with van der Waals surface area (Å²) in [6, 6.07) is 5.72. The number of carbonyl (C=O) groups excluding carboxylic acids is 1. The van der Waals surface area contributed by atoms with Gasteiger partial charge in [0.2, 0.25) is 11.3 Å². The van der Waals surface area contributed by atoms with E-state index in [1.54, 1.807) is 4.57 Å². The number of methoxy groups -OCH3 is 1. The summed E-state index contributed by atoms with van der Waals surface area (Å²) in [6.07, 6.45) is 0.428. The van der Waals surface area contributed by atoms with E-state index in [0.29, 0.717) is 12.2 Å². The summed E-state index contributed by atoms with van der Waals surface area (Å²) < 4.78 is 44.8. The third-order valence-electron chi connectivity index (χ3n) is 5.05. The van der Waals surface area contributed by atoms with Crippen molar-refractivity contribution >= 4 is 11.6 Å². The summed E-state index contributed by atoms with van der Waals surface area (Å²) in [5, 5.41) is 2.59. The van der Waals surface area contributed by atoms with E-state index in [1.165, 1.54) is 37.9 Å². The van der Waals surface area contributed by atoms with E-state index >= 15 is 0 Å². The Morgan fingerprint density at radius 1 is 1.13 bits per heavy atom. The third kappa shape index (κ3) is 5.63.